The third-order valence-electron chi connectivity index (χ3n) is 3.08. The summed E-state index contributed by atoms with van der Waals surface area (Å²) in [7, 11) is -3.27. The fourth-order valence-electron chi connectivity index (χ4n) is 2.33. The van der Waals surface area contributed by atoms with Crippen molar-refractivity contribution in [3.05, 3.63) is 54.6 Å². The zero-order valence-corrected chi connectivity index (χ0v) is 11.2. The molecule has 3 nitrogen and oxygen atoms in total. The third kappa shape index (κ3) is 2.27. The maximum absolute atomic E-state index is 11.4. The highest BCUT2D eigenvalue weighted by molar-refractivity contribution is 7.92. The summed E-state index contributed by atoms with van der Waals surface area (Å²) in [6.45, 7) is 0. The van der Waals surface area contributed by atoms with Gasteiger partial charge in [0.2, 0.25) is 10.0 Å². The first-order valence-corrected chi connectivity index (χ1v) is 7.82. The molecular weight excluding hydrogens is 258 g/mol. The summed E-state index contributed by atoms with van der Waals surface area (Å²) in [6.07, 6.45) is 1.16. The van der Waals surface area contributed by atoms with Crippen LogP contribution in [0, 0.1) is 0 Å². The molecule has 19 heavy (non-hydrogen) atoms. The lowest BCUT2D eigenvalue weighted by Gasteiger charge is -2.10. The summed E-state index contributed by atoms with van der Waals surface area (Å²) in [4.78, 5) is 0. The van der Waals surface area contributed by atoms with Crippen LogP contribution in [0.5, 0.6) is 0 Å². The third-order valence-corrected chi connectivity index (χ3v) is 3.67. The molecule has 0 aliphatic heterocycles. The second-order valence-electron chi connectivity index (χ2n) is 4.56. The number of anilines is 1. The van der Waals surface area contributed by atoms with Gasteiger partial charge >= 0.3 is 0 Å². The average Bonchev–Trinajstić information content (AvgIpc) is 2.37. The molecule has 0 saturated carbocycles. The first kappa shape index (κ1) is 12.0. The molecule has 3 aromatic carbocycles. The number of rotatable bonds is 2. The van der Waals surface area contributed by atoms with E-state index in [0.717, 1.165) is 27.8 Å². The van der Waals surface area contributed by atoms with E-state index in [4.69, 9.17) is 0 Å². The molecule has 0 heterocycles. The van der Waals surface area contributed by atoms with E-state index in [2.05, 4.69) is 4.72 Å². The summed E-state index contributed by atoms with van der Waals surface area (Å²) in [5, 5.41) is 4.22. The number of fused-ring (bicyclic) bond motifs is 3. The Kier molecular flexibility index (Phi) is 2.68. The van der Waals surface area contributed by atoms with Crippen LogP contribution in [0.2, 0.25) is 0 Å². The molecule has 3 aromatic rings. The molecule has 0 spiro atoms. The Hall–Kier alpha value is -2.07. The van der Waals surface area contributed by atoms with Crippen molar-refractivity contribution in [1.82, 2.24) is 0 Å². The van der Waals surface area contributed by atoms with E-state index in [1.807, 2.05) is 48.5 Å². The highest BCUT2D eigenvalue weighted by atomic mass is 32.2. The number of hydrogen-bond acceptors (Lipinski definition) is 2. The van der Waals surface area contributed by atoms with Gasteiger partial charge in [0.1, 0.15) is 0 Å². The van der Waals surface area contributed by atoms with Crippen molar-refractivity contribution in [3.63, 3.8) is 0 Å². The quantitative estimate of drug-likeness (QED) is 0.726. The number of benzene rings is 3. The minimum absolute atomic E-state index is 0.616. The average molecular weight is 271 g/mol. The van der Waals surface area contributed by atoms with Crippen molar-refractivity contribution >= 4 is 37.3 Å². The Morgan fingerprint density at radius 3 is 2.32 bits per heavy atom. The van der Waals surface area contributed by atoms with Gasteiger partial charge in [-0.2, -0.15) is 0 Å². The lowest BCUT2D eigenvalue weighted by atomic mass is 10.0. The molecule has 1 N–H and O–H groups in total. The van der Waals surface area contributed by atoms with Gasteiger partial charge in [0.25, 0.3) is 0 Å². The number of sulfonamides is 1. The van der Waals surface area contributed by atoms with E-state index >= 15 is 0 Å². The highest BCUT2D eigenvalue weighted by Crippen LogP contribution is 2.30. The van der Waals surface area contributed by atoms with E-state index < -0.39 is 10.0 Å². The van der Waals surface area contributed by atoms with Crippen LogP contribution in [0.4, 0.5) is 5.69 Å². The van der Waals surface area contributed by atoms with Crippen molar-refractivity contribution < 1.29 is 8.42 Å². The fraction of sp³-hybridized carbons (Fsp3) is 0.0667. The Balaban J connectivity index is 2.35. The SMILES string of the molecule is CS(=O)(=O)Nc1cccc2c1ccc1ccccc12. The van der Waals surface area contributed by atoms with Crippen LogP contribution in [0.25, 0.3) is 21.5 Å². The second kappa shape index (κ2) is 4.24. The Bertz CT molecular complexity index is 870. The van der Waals surface area contributed by atoms with Gasteiger partial charge in [-0.25, -0.2) is 8.42 Å². The topological polar surface area (TPSA) is 46.2 Å². The van der Waals surface area contributed by atoms with Crippen LogP contribution >= 0.6 is 0 Å². The van der Waals surface area contributed by atoms with Crippen molar-refractivity contribution in [3.8, 4) is 0 Å². The smallest absolute Gasteiger partial charge is 0.229 e. The minimum atomic E-state index is -3.27. The van der Waals surface area contributed by atoms with Gasteiger partial charge in [-0.3, -0.25) is 4.72 Å². The summed E-state index contributed by atoms with van der Waals surface area (Å²) < 4.78 is 25.4. The fourth-order valence-corrected chi connectivity index (χ4v) is 2.91. The van der Waals surface area contributed by atoms with Gasteiger partial charge in [0.05, 0.1) is 11.9 Å². The predicted octanol–water partition coefficient (Wildman–Crippen LogP) is 3.36. The van der Waals surface area contributed by atoms with E-state index in [0.29, 0.717) is 5.69 Å². The summed E-state index contributed by atoms with van der Waals surface area (Å²) >= 11 is 0. The van der Waals surface area contributed by atoms with Gasteiger partial charge in [-0.05, 0) is 22.2 Å². The van der Waals surface area contributed by atoms with Crippen LogP contribution in [0.1, 0.15) is 0 Å². The standard InChI is InChI=1S/C15H13NO2S/c1-19(17,18)16-15-8-4-7-13-12-6-3-2-5-11(12)9-10-14(13)15/h2-10,16H,1H3. The van der Waals surface area contributed by atoms with E-state index in [-0.39, 0.29) is 0 Å². The van der Waals surface area contributed by atoms with Gasteiger partial charge in [-0.15, -0.1) is 0 Å². The first-order valence-electron chi connectivity index (χ1n) is 5.93. The normalized spacial score (nSPS) is 11.8. The Morgan fingerprint density at radius 2 is 1.53 bits per heavy atom. The van der Waals surface area contributed by atoms with Gasteiger partial charge in [0.15, 0.2) is 0 Å². The second-order valence-corrected chi connectivity index (χ2v) is 6.31. The van der Waals surface area contributed by atoms with Crippen LogP contribution in [-0.4, -0.2) is 14.7 Å². The van der Waals surface area contributed by atoms with Crippen LogP contribution < -0.4 is 4.72 Å². The molecule has 0 fully saturated rings. The van der Waals surface area contributed by atoms with Crippen molar-refractivity contribution in [2.45, 2.75) is 0 Å². The van der Waals surface area contributed by atoms with Crippen molar-refractivity contribution in [2.24, 2.45) is 0 Å². The highest BCUT2D eigenvalue weighted by Gasteiger charge is 2.07. The maximum atomic E-state index is 11.4. The maximum Gasteiger partial charge on any atom is 0.229 e. The summed E-state index contributed by atoms with van der Waals surface area (Å²) in [6, 6.07) is 17.7. The first-order chi connectivity index (χ1) is 9.04. The molecule has 0 bridgehead atoms. The lowest BCUT2D eigenvalue weighted by molar-refractivity contribution is 0.607. The molecule has 96 valence electrons. The molecule has 3 rings (SSSR count). The van der Waals surface area contributed by atoms with Gasteiger partial charge in [-0.1, -0.05) is 48.5 Å². The molecule has 0 atom stereocenters. The largest absolute Gasteiger partial charge is 0.283 e. The van der Waals surface area contributed by atoms with E-state index in [1.54, 1.807) is 6.07 Å². The van der Waals surface area contributed by atoms with E-state index in [9.17, 15) is 8.42 Å². The Morgan fingerprint density at radius 1 is 0.789 bits per heavy atom. The molecule has 4 heteroatoms. The summed E-state index contributed by atoms with van der Waals surface area (Å²) in [5.74, 6) is 0. The van der Waals surface area contributed by atoms with Gasteiger partial charge < -0.3 is 0 Å². The monoisotopic (exact) mass is 271 g/mol. The van der Waals surface area contributed by atoms with Crippen LogP contribution in [-0.2, 0) is 10.0 Å². The van der Waals surface area contributed by atoms with Crippen LogP contribution in [0.15, 0.2) is 54.6 Å². The molecule has 0 amide bonds. The minimum Gasteiger partial charge on any atom is -0.283 e. The van der Waals surface area contributed by atoms with Crippen molar-refractivity contribution in [1.29, 1.82) is 0 Å². The molecule has 0 radical (unpaired) electrons. The number of hydrogen-bond donors (Lipinski definition) is 1. The number of nitrogens with one attached hydrogen (secondary N) is 1. The zero-order chi connectivity index (χ0) is 13.5. The molecule has 0 aliphatic rings. The molecule has 0 unspecified atom stereocenters. The molecular formula is C15H13NO2S. The zero-order valence-electron chi connectivity index (χ0n) is 10.4. The Labute approximate surface area is 111 Å². The lowest BCUT2D eigenvalue weighted by Crippen LogP contribution is -2.09. The molecule has 0 aromatic heterocycles. The molecule has 0 aliphatic carbocycles. The predicted molar refractivity (Wildman–Crippen MR) is 79.9 cm³/mol. The van der Waals surface area contributed by atoms with E-state index in [1.165, 1.54) is 0 Å². The van der Waals surface area contributed by atoms with Crippen molar-refractivity contribution in [2.75, 3.05) is 11.0 Å². The summed E-state index contributed by atoms with van der Waals surface area (Å²) in [5.41, 5.74) is 0.616. The molecule has 0 saturated heterocycles. The van der Waals surface area contributed by atoms with Gasteiger partial charge in [0, 0.05) is 5.39 Å². The van der Waals surface area contributed by atoms with Crippen LogP contribution in [0.3, 0.4) is 0 Å².